The molecule has 0 radical (unpaired) electrons. The van der Waals surface area contributed by atoms with Gasteiger partial charge in [-0.1, -0.05) is 23.9 Å². The van der Waals surface area contributed by atoms with Gasteiger partial charge in [-0.3, -0.25) is 14.5 Å². The molecule has 96 valence electrons. The highest BCUT2D eigenvalue weighted by Crippen LogP contribution is 2.29. The number of rotatable bonds is 2. The van der Waals surface area contributed by atoms with Crippen LogP contribution in [-0.2, 0) is 17.5 Å². The van der Waals surface area contributed by atoms with E-state index in [0.717, 1.165) is 28.8 Å². The molecule has 0 unspecified atom stereocenters. The largest absolute Gasteiger partial charge is 0.416 e. The van der Waals surface area contributed by atoms with Crippen molar-refractivity contribution < 1.29 is 22.8 Å². The van der Waals surface area contributed by atoms with Crippen LogP contribution in [0.25, 0.3) is 0 Å². The summed E-state index contributed by atoms with van der Waals surface area (Å²) in [6.07, 6.45) is -4.38. The molecule has 0 aromatic heterocycles. The zero-order valence-corrected chi connectivity index (χ0v) is 9.85. The van der Waals surface area contributed by atoms with Crippen molar-refractivity contribution in [2.75, 3.05) is 5.75 Å². The van der Waals surface area contributed by atoms with Crippen molar-refractivity contribution in [2.45, 2.75) is 12.7 Å². The first-order chi connectivity index (χ1) is 8.38. The second-order valence-corrected chi connectivity index (χ2v) is 4.66. The maximum atomic E-state index is 12.3. The van der Waals surface area contributed by atoms with Crippen molar-refractivity contribution in [3.63, 3.8) is 0 Å². The molecule has 0 bridgehead atoms. The van der Waals surface area contributed by atoms with E-state index in [4.69, 9.17) is 0 Å². The second kappa shape index (κ2) is 4.64. The van der Waals surface area contributed by atoms with E-state index in [-0.39, 0.29) is 23.4 Å². The highest BCUT2D eigenvalue weighted by Gasteiger charge is 2.31. The molecule has 1 aromatic rings. The first kappa shape index (κ1) is 12.9. The maximum absolute atomic E-state index is 12.3. The standard InChI is InChI=1S/C11H8F3NO2S/c12-11(13,14)8-3-1-7(2-4-8)5-15-9(16)6-18-10(15)17/h1-4H,5-6H2. The molecule has 0 saturated carbocycles. The van der Waals surface area contributed by atoms with Gasteiger partial charge in [0.25, 0.3) is 5.24 Å². The lowest BCUT2D eigenvalue weighted by Crippen LogP contribution is -2.27. The normalized spacial score (nSPS) is 16.5. The summed E-state index contributed by atoms with van der Waals surface area (Å²) in [4.78, 5) is 23.7. The molecule has 1 saturated heterocycles. The van der Waals surface area contributed by atoms with Crippen LogP contribution in [0, 0.1) is 0 Å². The van der Waals surface area contributed by atoms with Gasteiger partial charge in [0, 0.05) is 0 Å². The summed E-state index contributed by atoms with van der Waals surface area (Å²) in [6, 6.07) is 4.42. The Morgan fingerprint density at radius 2 is 1.78 bits per heavy atom. The van der Waals surface area contributed by atoms with Crippen LogP contribution in [0.2, 0.25) is 0 Å². The Kier molecular flexibility index (Phi) is 3.34. The number of hydrogen-bond acceptors (Lipinski definition) is 3. The number of thioether (sulfide) groups is 1. The number of benzene rings is 1. The van der Waals surface area contributed by atoms with Crippen molar-refractivity contribution in [2.24, 2.45) is 0 Å². The molecule has 1 aliphatic heterocycles. The number of carbonyl (C=O) groups excluding carboxylic acids is 2. The van der Waals surface area contributed by atoms with E-state index in [9.17, 15) is 22.8 Å². The fourth-order valence-electron chi connectivity index (χ4n) is 1.52. The van der Waals surface area contributed by atoms with Gasteiger partial charge in [-0.25, -0.2) is 0 Å². The van der Waals surface area contributed by atoms with Crippen molar-refractivity contribution >= 4 is 22.9 Å². The summed E-state index contributed by atoms with van der Waals surface area (Å²) in [7, 11) is 0. The molecule has 1 aromatic carbocycles. The molecule has 0 N–H and O–H groups in total. The molecule has 2 rings (SSSR count). The Labute approximate surface area is 105 Å². The molecule has 3 nitrogen and oxygen atoms in total. The predicted octanol–water partition coefficient (Wildman–Crippen LogP) is 2.90. The Balaban J connectivity index is 2.11. The Morgan fingerprint density at radius 3 is 2.22 bits per heavy atom. The number of amides is 2. The van der Waals surface area contributed by atoms with Gasteiger partial charge in [0.1, 0.15) is 0 Å². The lowest BCUT2D eigenvalue weighted by molar-refractivity contribution is -0.137. The van der Waals surface area contributed by atoms with E-state index in [1.165, 1.54) is 12.1 Å². The van der Waals surface area contributed by atoms with Crippen LogP contribution in [0.1, 0.15) is 11.1 Å². The summed E-state index contributed by atoms with van der Waals surface area (Å²) < 4.78 is 37.0. The summed E-state index contributed by atoms with van der Waals surface area (Å²) in [5.74, 6) is -0.218. The quantitative estimate of drug-likeness (QED) is 0.832. The highest BCUT2D eigenvalue weighted by atomic mass is 32.2. The number of carbonyl (C=O) groups is 2. The van der Waals surface area contributed by atoms with Crippen molar-refractivity contribution in [1.82, 2.24) is 4.90 Å². The van der Waals surface area contributed by atoms with E-state index in [1.54, 1.807) is 0 Å². The first-order valence-corrected chi connectivity index (χ1v) is 6.00. The Morgan fingerprint density at radius 1 is 1.17 bits per heavy atom. The number of halogens is 3. The SMILES string of the molecule is O=C1CSC(=O)N1Cc1ccc(C(F)(F)F)cc1. The molecule has 0 atom stereocenters. The average molecular weight is 275 g/mol. The molecular weight excluding hydrogens is 267 g/mol. The van der Waals surface area contributed by atoms with Crippen molar-refractivity contribution in [1.29, 1.82) is 0 Å². The van der Waals surface area contributed by atoms with Crippen LogP contribution >= 0.6 is 11.8 Å². The third-order valence-corrected chi connectivity index (χ3v) is 3.32. The topological polar surface area (TPSA) is 37.4 Å². The molecular formula is C11H8F3NO2S. The lowest BCUT2D eigenvalue weighted by atomic mass is 10.1. The predicted molar refractivity (Wildman–Crippen MR) is 59.8 cm³/mol. The first-order valence-electron chi connectivity index (χ1n) is 5.01. The van der Waals surface area contributed by atoms with E-state index in [1.807, 2.05) is 0 Å². The molecule has 7 heteroatoms. The third kappa shape index (κ3) is 2.66. The fraction of sp³-hybridized carbons (Fsp3) is 0.273. The zero-order valence-electron chi connectivity index (χ0n) is 9.03. The third-order valence-electron chi connectivity index (χ3n) is 2.46. The van der Waals surface area contributed by atoms with Crippen LogP contribution in [-0.4, -0.2) is 21.8 Å². The number of alkyl halides is 3. The van der Waals surface area contributed by atoms with Crippen LogP contribution in [0.15, 0.2) is 24.3 Å². The molecule has 1 fully saturated rings. The van der Waals surface area contributed by atoms with Crippen LogP contribution in [0.3, 0.4) is 0 Å². The maximum Gasteiger partial charge on any atom is 0.416 e. The number of nitrogens with zero attached hydrogens (tertiary/aromatic N) is 1. The molecule has 0 spiro atoms. The average Bonchev–Trinajstić information content (AvgIpc) is 2.60. The van der Waals surface area contributed by atoms with Gasteiger partial charge in [0.2, 0.25) is 5.91 Å². The smallest absolute Gasteiger partial charge is 0.273 e. The fourth-order valence-corrected chi connectivity index (χ4v) is 2.24. The van der Waals surface area contributed by atoms with Crippen LogP contribution in [0.5, 0.6) is 0 Å². The molecule has 18 heavy (non-hydrogen) atoms. The molecule has 1 aliphatic rings. The summed E-state index contributed by atoms with van der Waals surface area (Å²) in [6.45, 7) is 0.0167. The minimum atomic E-state index is -4.38. The molecule has 0 aliphatic carbocycles. The molecule has 1 heterocycles. The van der Waals surface area contributed by atoms with Gasteiger partial charge in [0.05, 0.1) is 17.9 Å². The van der Waals surface area contributed by atoms with E-state index >= 15 is 0 Å². The van der Waals surface area contributed by atoms with E-state index < -0.39 is 11.7 Å². The van der Waals surface area contributed by atoms with Gasteiger partial charge in [-0.2, -0.15) is 13.2 Å². The van der Waals surface area contributed by atoms with Crippen molar-refractivity contribution in [3.8, 4) is 0 Å². The summed E-state index contributed by atoms with van der Waals surface area (Å²) >= 11 is 0.898. The minimum absolute atomic E-state index is 0.0167. The number of hydrogen-bond donors (Lipinski definition) is 0. The minimum Gasteiger partial charge on any atom is -0.273 e. The monoisotopic (exact) mass is 275 g/mol. The van der Waals surface area contributed by atoms with E-state index in [2.05, 4.69) is 0 Å². The second-order valence-electron chi connectivity index (χ2n) is 3.73. The van der Waals surface area contributed by atoms with E-state index in [0.29, 0.717) is 5.56 Å². The highest BCUT2D eigenvalue weighted by molar-refractivity contribution is 8.14. The van der Waals surface area contributed by atoms with Gasteiger partial charge in [0.15, 0.2) is 0 Å². The number of imide groups is 1. The summed E-state index contributed by atoms with van der Waals surface area (Å²) in [5, 5.41) is -0.361. The lowest BCUT2D eigenvalue weighted by Gasteiger charge is -2.13. The Hall–Kier alpha value is -1.50. The summed E-state index contributed by atoms with van der Waals surface area (Å²) in [5.41, 5.74) is -0.257. The zero-order chi connectivity index (χ0) is 13.3. The molecule has 2 amide bonds. The Bertz CT molecular complexity index is 468. The van der Waals surface area contributed by atoms with Gasteiger partial charge >= 0.3 is 6.18 Å². The van der Waals surface area contributed by atoms with Crippen molar-refractivity contribution in [3.05, 3.63) is 35.4 Å². The van der Waals surface area contributed by atoms with Crippen LogP contribution in [0.4, 0.5) is 18.0 Å². The van der Waals surface area contributed by atoms with Gasteiger partial charge < -0.3 is 0 Å². The van der Waals surface area contributed by atoms with Gasteiger partial charge in [-0.05, 0) is 17.7 Å². The van der Waals surface area contributed by atoms with Gasteiger partial charge in [-0.15, -0.1) is 0 Å². The van der Waals surface area contributed by atoms with Crippen LogP contribution < -0.4 is 0 Å².